The van der Waals surface area contributed by atoms with Crippen molar-refractivity contribution in [3.63, 3.8) is 0 Å². The first kappa shape index (κ1) is 21.8. The van der Waals surface area contributed by atoms with E-state index in [0.29, 0.717) is 16.3 Å². The molecule has 4 atom stereocenters. The summed E-state index contributed by atoms with van der Waals surface area (Å²) in [6.07, 6.45) is 4.93. The van der Waals surface area contributed by atoms with Gasteiger partial charge >= 0.3 is 0 Å². The number of rotatable bonds is 4. The van der Waals surface area contributed by atoms with Gasteiger partial charge in [0.25, 0.3) is 5.69 Å². The standard InChI is InChI=1S/C23H18ClN5O5/c1-12-11-15(29(33)34)8-9-16(12)27-22(31)18-17-3-2-10-25-28(17)20(19(18)23(27)32)21(30)26-14-6-4-13(24)5-7-14/h2-11,17-20H,1H3,(H,26,30)/t17-,18+,19+,20-/m0/s1. The van der Waals surface area contributed by atoms with Crippen molar-refractivity contribution in [2.24, 2.45) is 16.9 Å². The number of amides is 3. The molecule has 2 fully saturated rings. The number of carbonyl (C=O) groups excluding carboxylic acids is 3. The number of nitrogens with one attached hydrogen (secondary N) is 1. The highest BCUT2D eigenvalue weighted by Gasteiger charge is 2.64. The van der Waals surface area contributed by atoms with Crippen LogP contribution in [0.3, 0.4) is 0 Å². The molecule has 2 saturated heterocycles. The molecule has 3 amide bonds. The van der Waals surface area contributed by atoms with Gasteiger partial charge in [-0.2, -0.15) is 5.10 Å². The Morgan fingerprint density at radius 1 is 1.12 bits per heavy atom. The lowest BCUT2D eigenvalue weighted by atomic mass is 9.88. The van der Waals surface area contributed by atoms with Gasteiger partial charge in [0.2, 0.25) is 17.7 Å². The van der Waals surface area contributed by atoms with Crippen LogP contribution in [0.1, 0.15) is 5.56 Å². The summed E-state index contributed by atoms with van der Waals surface area (Å²) in [6, 6.07) is 8.88. The van der Waals surface area contributed by atoms with Gasteiger partial charge in [0.1, 0.15) is 6.04 Å². The number of hydrogen-bond acceptors (Lipinski definition) is 7. The van der Waals surface area contributed by atoms with E-state index in [0.717, 1.165) is 4.90 Å². The van der Waals surface area contributed by atoms with E-state index in [4.69, 9.17) is 11.6 Å². The van der Waals surface area contributed by atoms with Gasteiger partial charge in [-0.15, -0.1) is 0 Å². The fourth-order valence-electron chi connectivity index (χ4n) is 4.83. The van der Waals surface area contributed by atoms with Crippen molar-refractivity contribution in [3.05, 3.63) is 75.3 Å². The molecule has 34 heavy (non-hydrogen) atoms. The summed E-state index contributed by atoms with van der Waals surface area (Å²) in [7, 11) is 0. The topological polar surface area (TPSA) is 125 Å². The first-order valence-electron chi connectivity index (χ1n) is 10.5. The van der Waals surface area contributed by atoms with Crippen molar-refractivity contribution in [2.45, 2.75) is 19.0 Å². The Hall–Kier alpha value is -4.05. The van der Waals surface area contributed by atoms with Gasteiger partial charge in [-0.1, -0.05) is 17.7 Å². The molecule has 5 rings (SSSR count). The predicted octanol–water partition coefficient (Wildman–Crippen LogP) is 2.91. The van der Waals surface area contributed by atoms with Crippen molar-refractivity contribution < 1.29 is 19.3 Å². The fraction of sp³-hybridized carbons (Fsp3) is 0.217. The van der Waals surface area contributed by atoms with Crippen LogP contribution in [0.25, 0.3) is 0 Å². The van der Waals surface area contributed by atoms with Gasteiger partial charge in [-0.3, -0.25) is 29.5 Å². The van der Waals surface area contributed by atoms with Crippen LogP contribution < -0.4 is 10.2 Å². The number of allylic oxidation sites excluding steroid dienone is 1. The zero-order valence-corrected chi connectivity index (χ0v) is 18.5. The van der Waals surface area contributed by atoms with Crippen LogP contribution in [-0.2, 0) is 14.4 Å². The minimum absolute atomic E-state index is 0.142. The summed E-state index contributed by atoms with van der Waals surface area (Å²) < 4.78 is 0. The number of non-ortho nitro benzene ring substituents is 1. The maximum Gasteiger partial charge on any atom is 0.269 e. The molecule has 11 heteroatoms. The minimum Gasteiger partial charge on any atom is -0.324 e. The summed E-state index contributed by atoms with van der Waals surface area (Å²) in [5, 5.41) is 20.2. The van der Waals surface area contributed by atoms with Gasteiger partial charge in [0.05, 0.1) is 28.5 Å². The van der Waals surface area contributed by atoms with Crippen LogP contribution in [0.4, 0.5) is 17.1 Å². The van der Waals surface area contributed by atoms with Crippen molar-refractivity contribution in [2.75, 3.05) is 10.2 Å². The Balaban J connectivity index is 1.51. The van der Waals surface area contributed by atoms with E-state index in [1.165, 1.54) is 29.4 Å². The van der Waals surface area contributed by atoms with Crippen molar-refractivity contribution in [1.29, 1.82) is 0 Å². The molecular weight excluding hydrogens is 462 g/mol. The van der Waals surface area contributed by atoms with Crippen LogP contribution in [0.2, 0.25) is 5.02 Å². The number of nitrogens with zero attached hydrogens (tertiary/aromatic N) is 4. The van der Waals surface area contributed by atoms with Crippen molar-refractivity contribution >= 4 is 52.6 Å². The van der Waals surface area contributed by atoms with Crippen LogP contribution in [0.15, 0.2) is 59.7 Å². The van der Waals surface area contributed by atoms with E-state index in [2.05, 4.69) is 10.4 Å². The zero-order valence-electron chi connectivity index (χ0n) is 17.8. The number of aryl methyl sites for hydroxylation is 1. The molecule has 0 aliphatic carbocycles. The number of hydrogen-bond donors (Lipinski definition) is 1. The molecule has 172 valence electrons. The number of nitro groups is 1. The monoisotopic (exact) mass is 479 g/mol. The van der Waals surface area contributed by atoms with E-state index in [9.17, 15) is 24.5 Å². The van der Waals surface area contributed by atoms with Crippen LogP contribution in [0.5, 0.6) is 0 Å². The maximum absolute atomic E-state index is 13.6. The summed E-state index contributed by atoms with van der Waals surface area (Å²) >= 11 is 5.92. The summed E-state index contributed by atoms with van der Waals surface area (Å²) in [6.45, 7) is 1.60. The van der Waals surface area contributed by atoms with Gasteiger partial charge in [0.15, 0.2) is 0 Å². The average Bonchev–Trinajstić information content (AvgIpc) is 3.28. The van der Waals surface area contributed by atoms with Gasteiger partial charge in [-0.25, -0.2) is 4.90 Å². The van der Waals surface area contributed by atoms with Crippen molar-refractivity contribution in [1.82, 2.24) is 5.01 Å². The van der Waals surface area contributed by atoms with E-state index in [-0.39, 0.29) is 11.4 Å². The Kier molecular flexibility index (Phi) is 5.17. The number of hydrazone groups is 1. The first-order chi connectivity index (χ1) is 16.3. The lowest BCUT2D eigenvalue weighted by Crippen LogP contribution is -2.47. The van der Waals surface area contributed by atoms with E-state index < -0.39 is 46.6 Å². The predicted molar refractivity (Wildman–Crippen MR) is 124 cm³/mol. The van der Waals surface area contributed by atoms with Gasteiger partial charge in [0, 0.05) is 29.1 Å². The number of fused-ring (bicyclic) bond motifs is 3. The Morgan fingerprint density at radius 2 is 1.82 bits per heavy atom. The highest BCUT2D eigenvalue weighted by molar-refractivity contribution is 6.30. The second kappa shape index (κ2) is 8.07. The van der Waals surface area contributed by atoms with E-state index >= 15 is 0 Å². The Morgan fingerprint density at radius 3 is 2.50 bits per heavy atom. The smallest absolute Gasteiger partial charge is 0.269 e. The lowest BCUT2D eigenvalue weighted by Gasteiger charge is -2.30. The van der Waals surface area contributed by atoms with Crippen molar-refractivity contribution in [3.8, 4) is 0 Å². The Bertz CT molecular complexity index is 1290. The molecule has 3 aliphatic rings. The number of carbonyl (C=O) groups is 3. The molecule has 0 bridgehead atoms. The van der Waals surface area contributed by atoms with E-state index in [1.54, 1.807) is 43.3 Å². The molecule has 0 spiro atoms. The third-order valence-corrected chi connectivity index (χ3v) is 6.56. The SMILES string of the molecule is Cc1cc([N+](=O)[O-])ccc1N1C(=O)[C@@H]2[C@H](C1=O)[C@@H]1C=CC=NN1[C@@H]2C(=O)Nc1ccc(Cl)cc1. The molecule has 0 saturated carbocycles. The lowest BCUT2D eigenvalue weighted by molar-refractivity contribution is -0.384. The molecule has 0 aromatic heterocycles. The van der Waals surface area contributed by atoms with E-state index in [1.807, 2.05) is 0 Å². The number of nitro benzene ring substituents is 1. The van der Waals surface area contributed by atoms with Crippen LogP contribution in [-0.4, -0.2) is 46.0 Å². The zero-order chi connectivity index (χ0) is 24.1. The first-order valence-corrected chi connectivity index (χ1v) is 10.8. The molecule has 3 aliphatic heterocycles. The molecule has 10 nitrogen and oxygen atoms in total. The third-order valence-electron chi connectivity index (χ3n) is 6.30. The van der Waals surface area contributed by atoms with Crippen LogP contribution in [0, 0.1) is 28.9 Å². The molecule has 0 radical (unpaired) electrons. The highest BCUT2D eigenvalue weighted by atomic mass is 35.5. The molecule has 0 unspecified atom stereocenters. The third kappa shape index (κ3) is 3.34. The maximum atomic E-state index is 13.6. The van der Waals surface area contributed by atoms with Crippen LogP contribution >= 0.6 is 11.6 Å². The molecule has 1 N–H and O–H groups in total. The average molecular weight is 480 g/mol. The second-order valence-corrected chi connectivity index (χ2v) is 8.69. The molecule has 3 heterocycles. The summed E-state index contributed by atoms with van der Waals surface area (Å²) in [4.78, 5) is 52.0. The van der Waals surface area contributed by atoms with Gasteiger partial charge < -0.3 is 5.32 Å². The quantitative estimate of drug-likeness (QED) is 0.408. The summed E-state index contributed by atoms with van der Waals surface area (Å²) in [5.74, 6) is -3.28. The normalized spacial score (nSPS) is 24.9. The van der Waals surface area contributed by atoms with Gasteiger partial charge in [-0.05, 0) is 48.9 Å². The Labute approximate surface area is 198 Å². The minimum atomic E-state index is -1.02. The fourth-order valence-corrected chi connectivity index (χ4v) is 4.95. The molecule has 2 aromatic carbocycles. The number of anilines is 2. The number of imide groups is 1. The molecule has 2 aromatic rings. The number of benzene rings is 2. The second-order valence-electron chi connectivity index (χ2n) is 8.25. The molecular formula is C23H18ClN5O5. The highest BCUT2D eigenvalue weighted by Crippen LogP contribution is 2.46. The summed E-state index contributed by atoms with van der Waals surface area (Å²) in [5.41, 5.74) is 1.02. The number of halogens is 1. The largest absolute Gasteiger partial charge is 0.324 e.